The summed E-state index contributed by atoms with van der Waals surface area (Å²) in [5.41, 5.74) is 4.70. The van der Waals surface area contributed by atoms with E-state index >= 15 is 0 Å². The third-order valence-electron chi connectivity index (χ3n) is 4.27. The highest BCUT2D eigenvalue weighted by atomic mass is 15.2. The van der Waals surface area contributed by atoms with Crippen LogP contribution in [0, 0.1) is 0 Å². The van der Waals surface area contributed by atoms with Crippen molar-refractivity contribution in [3.8, 4) is 22.5 Å². The fourth-order valence-corrected chi connectivity index (χ4v) is 2.94. The maximum atomic E-state index is 4.19. The molecule has 1 atom stereocenters. The number of rotatable bonds is 4. The Morgan fingerprint density at radius 2 is 1.79 bits per heavy atom. The van der Waals surface area contributed by atoms with Gasteiger partial charge in [-0.05, 0) is 23.6 Å². The van der Waals surface area contributed by atoms with Crippen LogP contribution >= 0.6 is 0 Å². The number of imidazole rings is 1. The van der Waals surface area contributed by atoms with E-state index in [-0.39, 0.29) is 6.04 Å². The van der Waals surface area contributed by atoms with Crippen LogP contribution < -0.4 is 0 Å². The lowest BCUT2D eigenvalue weighted by Crippen LogP contribution is -2.05. The van der Waals surface area contributed by atoms with Gasteiger partial charge >= 0.3 is 0 Å². The van der Waals surface area contributed by atoms with Crippen LogP contribution in [0.1, 0.15) is 18.5 Å². The second-order valence-electron chi connectivity index (χ2n) is 5.68. The maximum Gasteiger partial charge on any atom is 0.155 e. The number of hydrogen-bond donors (Lipinski definition) is 1. The molecule has 0 saturated heterocycles. The zero-order valence-electron chi connectivity index (χ0n) is 13.3. The highest BCUT2D eigenvalue weighted by Gasteiger charge is 2.13. The molecule has 0 unspecified atom stereocenters. The smallest absolute Gasteiger partial charge is 0.155 e. The molecule has 0 saturated carbocycles. The number of nitrogens with zero attached hydrogens (tertiary/aromatic N) is 4. The average molecular weight is 315 g/mol. The van der Waals surface area contributed by atoms with E-state index in [1.807, 2.05) is 18.7 Å². The molecule has 0 aliphatic heterocycles. The first-order chi connectivity index (χ1) is 11.8. The zero-order valence-corrected chi connectivity index (χ0v) is 13.3. The zero-order chi connectivity index (χ0) is 16.4. The standard InChI is InChI=1S/C19H17N5/c1-14(24-11-10-20-13-24)17-4-2-3-5-18(17)15-6-8-16(9-7-15)19-21-12-22-23-19/h2-14H,1H3,(H,21,22,23)/t14-/m0/s1. The molecule has 2 heterocycles. The van der Waals surface area contributed by atoms with Crippen molar-refractivity contribution in [2.45, 2.75) is 13.0 Å². The van der Waals surface area contributed by atoms with Crippen LogP contribution in [0.5, 0.6) is 0 Å². The van der Waals surface area contributed by atoms with Crippen LogP contribution in [0.4, 0.5) is 0 Å². The Labute approximate surface area is 140 Å². The summed E-state index contributed by atoms with van der Waals surface area (Å²) in [6.45, 7) is 2.18. The summed E-state index contributed by atoms with van der Waals surface area (Å²) in [5.74, 6) is 0.779. The van der Waals surface area contributed by atoms with E-state index in [0.29, 0.717) is 0 Å². The highest BCUT2D eigenvalue weighted by molar-refractivity contribution is 5.70. The summed E-state index contributed by atoms with van der Waals surface area (Å²) >= 11 is 0. The van der Waals surface area contributed by atoms with Gasteiger partial charge in [0.25, 0.3) is 0 Å². The molecule has 4 aromatic rings. The Bertz CT molecular complexity index is 909. The van der Waals surface area contributed by atoms with Gasteiger partial charge in [-0.2, -0.15) is 5.10 Å². The molecule has 0 spiro atoms. The van der Waals surface area contributed by atoms with Gasteiger partial charge in [-0.1, -0.05) is 48.5 Å². The van der Waals surface area contributed by atoms with Crippen molar-refractivity contribution in [3.05, 3.63) is 79.1 Å². The van der Waals surface area contributed by atoms with Crippen molar-refractivity contribution in [1.29, 1.82) is 0 Å². The Balaban J connectivity index is 1.72. The normalized spacial score (nSPS) is 12.2. The number of nitrogens with one attached hydrogen (secondary N) is 1. The number of hydrogen-bond acceptors (Lipinski definition) is 3. The quantitative estimate of drug-likeness (QED) is 0.620. The highest BCUT2D eigenvalue weighted by Crippen LogP contribution is 2.31. The van der Waals surface area contributed by atoms with Gasteiger partial charge in [0, 0.05) is 18.0 Å². The molecule has 4 rings (SSSR count). The van der Waals surface area contributed by atoms with Crippen LogP contribution in [-0.2, 0) is 0 Å². The number of aromatic nitrogens is 5. The molecule has 2 aromatic carbocycles. The van der Waals surface area contributed by atoms with Gasteiger partial charge in [0.2, 0.25) is 0 Å². The van der Waals surface area contributed by atoms with E-state index in [4.69, 9.17) is 0 Å². The van der Waals surface area contributed by atoms with Crippen molar-refractivity contribution >= 4 is 0 Å². The molecular formula is C19H17N5. The van der Waals surface area contributed by atoms with Crippen LogP contribution in [-0.4, -0.2) is 24.7 Å². The summed E-state index contributed by atoms with van der Waals surface area (Å²) in [4.78, 5) is 8.35. The minimum atomic E-state index is 0.220. The van der Waals surface area contributed by atoms with Crippen LogP contribution in [0.2, 0.25) is 0 Å². The molecule has 0 radical (unpaired) electrons. The van der Waals surface area contributed by atoms with Gasteiger partial charge in [0.1, 0.15) is 6.33 Å². The van der Waals surface area contributed by atoms with Gasteiger partial charge in [-0.15, -0.1) is 0 Å². The first kappa shape index (κ1) is 14.4. The van der Waals surface area contributed by atoms with E-state index in [2.05, 4.69) is 80.2 Å². The predicted octanol–water partition coefficient (Wildman–Crippen LogP) is 3.94. The molecule has 0 aliphatic carbocycles. The van der Waals surface area contributed by atoms with Gasteiger partial charge < -0.3 is 4.57 Å². The lowest BCUT2D eigenvalue weighted by atomic mass is 9.95. The summed E-state index contributed by atoms with van der Waals surface area (Å²) < 4.78 is 2.11. The van der Waals surface area contributed by atoms with Crippen molar-refractivity contribution in [2.75, 3.05) is 0 Å². The summed E-state index contributed by atoms with van der Waals surface area (Å²) in [5, 5.41) is 6.79. The Morgan fingerprint density at radius 3 is 2.50 bits per heavy atom. The predicted molar refractivity (Wildman–Crippen MR) is 93.3 cm³/mol. The third kappa shape index (κ3) is 2.60. The van der Waals surface area contributed by atoms with Crippen LogP contribution in [0.25, 0.3) is 22.5 Å². The fraction of sp³-hybridized carbons (Fsp3) is 0.105. The molecule has 1 N–H and O–H groups in total. The molecule has 0 bridgehead atoms. The minimum Gasteiger partial charge on any atom is -0.330 e. The van der Waals surface area contributed by atoms with Crippen molar-refractivity contribution in [1.82, 2.24) is 24.7 Å². The Morgan fingerprint density at radius 1 is 1.00 bits per heavy atom. The lowest BCUT2D eigenvalue weighted by molar-refractivity contribution is 0.640. The largest absolute Gasteiger partial charge is 0.330 e. The van der Waals surface area contributed by atoms with E-state index < -0.39 is 0 Å². The molecule has 5 nitrogen and oxygen atoms in total. The third-order valence-corrected chi connectivity index (χ3v) is 4.27. The van der Waals surface area contributed by atoms with Crippen molar-refractivity contribution in [2.24, 2.45) is 0 Å². The fourth-order valence-electron chi connectivity index (χ4n) is 2.94. The Kier molecular flexibility index (Phi) is 3.67. The molecule has 0 aliphatic rings. The van der Waals surface area contributed by atoms with E-state index in [9.17, 15) is 0 Å². The van der Waals surface area contributed by atoms with E-state index in [0.717, 1.165) is 11.4 Å². The van der Waals surface area contributed by atoms with Gasteiger partial charge in [-0.3, -0.25) is 5.10 Å². The SMILES string of the molecule is C[C@@H](c1ccccc1-c1ccc(-c2ncn[nH]2)cc1)n1ccnc1. The molecule has 5 heteroatoms. The molecule has 0 fully saturated rings. The number of aromatic amines is 1. The molecule has 24 heavy (non-hydrogen) atoms. The number of benzene rings is 2. The lowest BCUT2D eigenvalue weighted by Gasteiger charge is -2.18. The van der Waals surface area contributed by atoms with Crippen molar-refractivity contribution in [3.63, 3.8) is 0 Å². The van der Waals surface area contributed by atoms with E-state index in [1.165, 1.54) is 23.0 Å². The topological polar surface area (TPSA) is 59.4 Å². The first-order valence-electron chi connectivity index (χ1n) is 7.85. The molecule has 2 aromatic heterocycles. The molecule has 118 valence electrons. The van der Waals surface area contributed by atoms with Gasteiger partial charge in [0.05, 0.1) is 12.4 Å². The maximum absolute atomic E-state index is 4.19. The summed E-state index contributed by atoms with van der Waals surface area (Å²) in [6, 6.07) is 17.1. The second kappa shape index (κ2) is 6.12. The summed E-state index contributed by atoms with van der Waals surface area (Å²) in [7, 11) is 0. The first-order valence-corrected chi connectivity index (χ1v) is 7.85. The molecular weight excluding hydrogens is 298 g/mol. The minimum absolute atomic E-state index is 0.220. The second-order valence-corrected chi connectivity index (χ2v) is 5.68. The average Bonchev–Trinajstić information content (AvgIpc) is 3.35. The van der Waals surface area contributed by atoms with Crippen molar-refractivity contribution < 1.29 is 0 Å². The van der Waals surface area contributed by atoms with Crippen LogP contribution in [0.3, 0.4) is 0 Å². The Hall–Kier alpha value is -3.21. The monoisotopic (exact) mass is 315 g/mol. The number of H-pyrrole nitrogens is 1. The molecule has 0 amide bonds. The van der Waals surface area contributed by atoms with Gasteiger partial charge in [0.15, 0.2) is 5.82 Å². The van der Waals surface area contributed by atoms with E-state index in [1.54, 1.807) is 0 Å². The summed E-state index contributed by atoms with van der Waals surface area (Å²) in [6.07, 6.45) is 7.18. The van der Waals surface area contributed by atoms with Gasteiger partial charge in [-0.25, -0.2) is 9.97 Å². The van der Waals surface area contributed by atoms with Crippen LogP contribution in [0.15, 0.2) is 73.6 Å².